The molecule has 3 aromatic rings. The van der Waals surface area contributed by atoms with E-state index in [1.807, 2.05) is 0 Å². The largest absolute Gasteiger partial charge is 0.345 e. The zero-order chi connectivity index (χ0) is 19.0. The highest BCUT2D eigenvalue weighted by Crippen LogP contribution is 2.32. The summed E-state index contributed by atoms with van der Waals surface area (Å²) in [5, 5.41) is 9.09. The highest BCUT2D eigenvalue weighted by atomic mass is 32.1. The molecule has 0 spiro atoms. The molecule has 0 saturated heterocycles. The number of aromatic nitrogens is 2. The number of amides is 1. The van der Waals surface area contributed by atoms with E-state index in [1.54, 1.807) is 40.5 Å². The molecule has 138 valence electrons. The molecule has 1 aromatic carbocycles. The van der Waals surface area contributed by atoms with E-state index >= 15 is 0 Å². The first-order valence-electron chi connectivity index (χ1n) is 8.76. The zero-order valence-corrected chi connectivity index (χ0v) is 15.6. The fraction of sp³-hybridized carbons (Fsp3) is 0.250. The summed E-state index contributed by atoms with van der Waals surface area (Å²) in [4.78, 5) is 24.6. The van der Waals surface area contributed by atoms with Gasteiger partial charge in [0.25, 0.3) is 5.91 Å². The lowest BCUT2D eigenvalue weighted by Crippen LogP contribution is -2.30. The summed E-state index contributed by atoms with van der Waals surface area (Å²) in [6, 6.07) is 7.97. The SMILES string of the molecule is CC(=O)c1cc(C(=O)N[C@@H]2CCCc3c2cnn3-c2ccccc2F)cs1. The molecule has 0 bridgehead atoms. The van der Waals surface area contributed by atoms with Crippen molar-refractivity contribution in [2.45, 2.75) is 32.2 Å². The van der Waals surface area contributed by atoms with Gasteiger partial charge >= 0.3 is 0 Å². The Kier molecular flexibility index (Phi) is 4.61. The summed E-state index contributed by atoms with van der Waals surface area (Å²) >= 11 is 1.27. The lowest BCUT2D eigenvalue weighted by molar-refractivity contribution is 0.0933. The number of rotatable bonds is 4. The molecule has 1 amide bonds. The Labute approximate surface area is 159 Å². The van der Waals surface area contributed by atoms with Crippen LogP contribution in [0.5, 0.6) is 0 Å². The maximum Gasteiger partial charge on any atom is 0.252 e. The molecule has 1 aliphatic carbocycles. The van der Waals surface area contributed by atoms with E-state index in [4.69, 9.17) is 0 Å². The van der Waals surface area contributed by atoms with Gasteiger partial charge in [-0.15, -0.1) is 11.3 Å². The molecule has 2 heterocycles. The van der Waals surface area contributed by atoms with Crippen LogP contribution < -0.4 is 5.32 Å². The van der Waals surface area contributed by atoms with E-state index in [9.17, 15) is 14.0 Å². The second kappa shape index (κ2) is 7.08. The van der Waals surface area contributed by atoms with Crippen molar-refractivity contribution < 1.29 is 14.0 Å². The summed E-state index contributed by atoms with van der Waals surface area (Å²) in [6.07, 6.45) is 4.16. The molecule has 2 aromatic heterocycles. The first-order valence-corrected chi connectivity index (χ1v) is 9.64. The topological polar surface area (TPSA) is 64.0 Å². The molecule has 4 rings (SSSR count). The van der Waals surface area contributed by atoms with Crippen LogP contribution in [0.2, 0.25) is 0 Å². The molecular formula is C20H18FN3O2S. The molecule has 0 fully saturated rings. The average Bonchev–Trinajstić information content (AvgIpc) is 3.30. The molecule has 7 heteroatoms. The number of carbonyl (C=O) groups excluding carboxylic acids is 2. The number of para-hydroxylation sites is 1. The number of Topliss-reactive ketones (excluding diaryl/α,β-unsaturated/α-hetero) is 1. The van der Waals surface area contributed by atoms with Crippen LogP contribution in [-0.4, -0.2) is 21.5 Å². The van der Waals surface area contributed by atoms with Gasteiger partial charge in [0.15, 0.2) is 5.78 Å². The Morgan fingerprint density at radius 1 is 1.33 bits per heavy atom. The lowest BCUT2D eigenvalue weighted by atomic mass is 9.92. The molecule has 1 atom stereocenters. The number of thiophene rings is 1. The van der Waals surface area contributed by atoms with Crippen LogP contribution in [-0.2, 0) is 6.42 Å². The van der Waals surface area contributed by atoms with Crippen molar-refractivity contribution >= 4 is 23.0 Å². The van der Waals surface area contributed by atoms with Gasteiger partial charge < -0.3 is 5.32 Å². The van der Waals surface area contributed by atoms with Crippen molar-refractivity contribution in [3.8, 4) is 5.69 Å². The summed E-state index contributed by atoms with van der Waals surface area (Å²) in [5.41, 5.74) is 2.74. The molecule has 0 unspecified atom stereocenters. The van der Waals surface area contributed by atoms with E-state index in [1.165, 1.54) is 24.3 Å². The van der Waals surface area contributed by atoms with Crippen molar-refractivity contribution in [1.82, 2.24) is 15.1 Å². The number of benzene rings is 1. The molecule has 27 heavy (non-hydrogen) atoms. The Morgan fingerprint density at radius 3 is 2.89 bits per heavy atom. The third kappa shape index (κ3) is 3.30. The molecule has 0 radical (unpaired) electrons. The third-order valence-corrected chi connectivity index (χ3v) is 5.81. The van der Waals surface area contributed by atoms with Gasteiger partial charge in [0.1, 0.15) is 11.5 Å². The van der Waals surface area contributed by atoms with Gasteiger partial charge in [0, 0.05) is 16.6 Å². The van der Waals surface area contributed by atoms with Gasteiger partial charge in [-0.1, -0.05) is 12.1 Å². The number of carbonyl (C=O) groups is 2. The molecule has 5 nitrogen and oxygen atoms in total. The van der Waals surface area contributed by atoms with Gasteiger partial charge in [-0.05, 0) is 44.4 Å². The molecular weight excluding hydrogens is 365 g/mol. The fourth-order valence-corrected chi connectivity index (χ4v) is 4.21. The summed E-state index contributed by atoms with van der Waals surface area (Å²) in [5.74, 6) is -0.593. The van der Waals surface area contributed by atoms with Crippen molar-refractivity contribution in [2.75, 3.05) is 0 Å². The van der Waals surface area contributed by atoms with Gasteiger partial charge in [-0.2, -0.15) is 5.10 Å². The van der Waals surface area contributed by atoms with Crippen molar-refractivity contribution in [1.29, 1.82) is 0 Å². The molecule has 1 N–H and O–H groups in total. The lowest BCUT2D eigenvalue weighted by Gasteiger charge is -2.24. The first kappa shape index (κ1) is 17.6. The van der Waals surface area contributed by atoms with Gasteiger partial charge in [0.05, 0.1) is 22.7 Å². The minimum Gasteiger partial charge on any atom is -0.345 e. The van der Waals surface area contributed by atoms with E-state index in [-0.39, 0.29) is 23.5 Å². The van der Waals surface area contributed by atoms with Crippen LogP contribution in [0, 0.1) is 5.82 Å². The Morgan fingerprint density at radius 2 is 2.15 bits per heavy atom. The fourth-order valence-electron chi connectivity index (χ4n) is 3.42. The van der Waals surface area contributed by atoms with Crippen LogP contribution >= 0.6 is 11.3 Å². The van der Waals surface area contributed by atoms with Crippen LogP contribution in [0.3, 0.4) is 0 Å². The second-order valence-electron chi connectivity index (χ2n) is 6.58. The molecule has 1 aliphatic rings. The second-order valence-corrected chi connectivity index (χ2v) is 7.50. The number of ketones is 1. The van der Waals surface area contributed by atoms with Gasteiger partial charge in [0.2, 0.25) is 0 Å². The van der Waals surface area contributed by atoms with Crippen LogP contribution in [0.25, 0.3) is 5.69 Å². The number of nitrogens with zero attached hydrogens (tertiary/aromatic N) is 2. The van der Waals surface area contributed by atoms with Crippen molar-refractivity contribution in [3.63, 3.8) is 0 Å². The smallest absolute Gasteiger partial charge is 0.252 e. The third-order valence-electron chi connectivity index (χ3n) is 4.78. The predicted molar refractivity (Wildman–Crippen MR) is 101 cm³/mol. The number of halogens is 1. The van der Waals surface area contributed by atoms with Crippen LogP contribution in [0.4, 0.5) is 4.39 Å². The van der Waals surface area contributed by atoms with Crippen molar-refractivity contribution in [2.24, 2.45) is 0 Å². The minimum absolute atomic E-state index is 0.0508. The van der Waals surface area contributed by atoms with E-state index < -0.39 is 0 Å². The number of hydrogen-bond donors (Lipinski definition) is 1. The number of fused-ring (bicyclic) bond motifs is 1. The quantitative estimate of drug-likeness (QED) is 0.691. The van der Waals surface area contributed by atoms with Crippen molar-refractivity contribution in [3.05, 3.63) is 69.4 Å². The van der Waals surface area contributed by atoms with Gasteiger partial charge in [-0.25, -0.2) is 9.07 Å². The first-order chi connectivity index (χ1) is 13.0. The monoisotopic (exact) mass is 383 g/mol. The molecule has 0 aliphatic heterocycles. The predicted octanol–water partition coefficient (Wildman–Crippen LogP) is 4.08. The Hall–Kier alpha value is -2.80. The standard InChI is InChI=1S/C20H18FN3O2S/c1-12(25)19-9-13(11-27-19)20(26)23-16-6-4-8-17-14(16)10-22-24(17)18-7-3-2-5-15(18)21/h2-3,5,7,9-11,16H,4,6,8H2,1H3,(H,23,26)/t16-/m1/s1. The Bertz CT molecular complexity index is 1020. The van der Waals surface area contributed by atoms with E-state index in [0.717, 1.165) is 30.5 Å². The van der Waals surface area contributed by atoms with Gasteiger partial charge in [-0.3, -0.25) is 9.59 Å². The van der Waals surface area contributed by atoms with Crippen LogP contribution in [0.15, 0.2) is 41.9 Å². The maximum atomic E-state index is 14.2. The summed E-state index contributed by atoms with van der Waals surface area (Å²) in [7, 11) is 0. The van der Waals surface area contributed by atoms with Crippen LogP contribution in [0.1, 0.15) is 57.1 Å². The highest BCUT2D eigenvalue weighted by Gasteiger charge is 2.27. The van der Waals surface area contributed by atoms with E-state index in [2.05, 4.69) is 10.4 Å². The molecule has 0 saturated carbocycles. The number of nitrogens with one attached hydrogen (secondary N) is 1. The highest BCUT2D eigenvalue weighted by molar-refractivity contribution is 7.12. The Balaban J connectivity index is 1.60. The average molecular weight is 383 g/mol. The summed E-state index contributed by atoms with van der Waals surface area (Å²) < 4.78 is 15.8. The number of hydrogen-bond acceptors (Lipinski definition) is 4. The summed E-state index contributed by atoms with van der Waals surface area (Å²) in [6.45, 7) is 1.48. The zero-order valence-electron chi connectivity index (χ0n) is 14.7. The normalized spacial score (nSPS) is 16.0. The minimum atomic E-state index is -0.329. The maximum absolute atomic E-state index is 14.2. The van der Waals surface area contributed by atoms with E-state index in [0.29, 0.717) is 16.1 Å².